The number of ether oxygens (including phenoxy) is 1. The van der Waals surface area contributed by atoms with E-state index in [9.17, 15) is 9.59 Å². The number of hydrogen-bond donors (Lipinski definition) is 0. The molecule has 1 aliphatic heterocycles. The number of nitrogens with zero attached hydrogens (tertiary/aromatic N) is 3. The van der Waals surface area contributed by atoms with Gasteiger partial charge in [0.15, 0.2) is 0 Å². The second-order valence-electron chi connectivity index (χ2n) is 9.74. The van der Waals surface area contributed by atoms with Crippen molar-refractivity contribution in [1.29, 1.82) is 0 Å². The number of thiazole rings is 1. The van der Waals surface area contributed by atoms with Crippen molar-refractivity contribution in [1.82, 2.24) is 14.8 Å². The zero-order valence-electron chi connectivity index (χ0n) is 21.0. The van der Waals surface area contributed by atoms with E-state index in [1.165, 1.54) is 11.1 Å². The van der Waals surface area contributed by atoms with Crippen molar-refractivity contribution < 1.29 is 14.3 Å². The van der Waals surface area contributed by atoms with Gasteiger partial charge in [-0.2, -0.15) is 0 Å². The zero-order valence-corrected chi connectivity index (χ0v) is 21.8. The Bertz CT molecular complexity index is 1230. The number of carbonyl (C=O) groups excluding carboxylic acids is 2. The van der Waals surface area contributed by atoms with Crippen LogP contribution in [-0.2, 0) is 17.6 Å². The molecule has 6 nitrogen and oxygen atoms in total. The second-order valence-corrected chi connectivity index (χ2v) is 10.6. The molecule has 2 aromatic carbocycles. The van der Waals surface area contributed by atoms with Gasteiger partial charge in [0.2, 0.25) is 5.91 Å². The Labute approximate surface area is 216 Å². The van der Waals surface area contributed by atoms with Crippen molar-refractivity contribution in [3.8, 4) is 5.75 Å². The molecule has 1 aliphatic carbocycles. The van der Waals surface area contributed by atoms with Gasteiger partial charge < -0.3 is 14.5 Å². The van der Waals surface area contributed by atoms with Crippen LogP contribution in [0.15, 0.2) is 53.9 Å². The lowest BCUT2D eigenvalue weighted by Crippen LogP contribution is -2.38. The number of hydrogen-bond acceptors (Lipinski definition) is 5. The van der Waals surface area contributed by atoms with Gasteiger partial charge in [-0.3, -0.25) is 9.59 Å². The van der Waals surface area contributed by atoms with E-state index in [1.54, 1.807) is 18.4 Å². The highest BCUT2D eigenvalue weighted by Gasteiger charge is 2.30. The average molecular weight is 504 g/mol. The van der Waals surface area contributed by atoms with Gasteiger partial charge in [-0.05, 0) is 49.3 Å². The molecule has 36 heavy (non-hydrogen) atoms. The molecule has 1 saturated heterocycles. The fraction of sp³-hybridized carbons (Fsp3) is 0.414. The molecule has 2 heterocycles. The molecular weight excluding hydrogens is 470 g/mol. The van der Waals surface area contributed by atoms with Gasteiger partial charge in [0.05, 0.1) is 24.6 Å². The minimum atomic E-state index is -0.0105. The number of amides is 2. The lowest BCUT2D eigenvalue weighted by atomic mass is 9.87. The number of carbonyl (C=O) groups is 2. The first-order chi connectivity index (χ1) is 17.5. The summed E-state index contributed by atoms with van der Waals surface area (Å²) in [5.41, 5.74) is 4.06. The molecule has 0 spiro atoms. The topological polar surface area (TPSA) is 62.7 Å². The molecule has 0 bridgehead atoms. The van der Waals surface area contributed by atoms with Crippen molar-refractivity contribution >= 4 is 23.2 Å². The first-order valence-electron chi connectivity index (χ1n) is 12.7. The molecular formula is C29H33N3O3S. The number of para-hydroxylation sites is 1. The Hall–Kier alpha value is -3.19. The van der Waals surface area contributed by atoms with E-state index in [0.29, 0.717) is 25.2 Å². The summed E-state index contributed by atoms with van der Waals surface area (Å²) in [7, 11) is 3.54. The Morgan fingerprint density at radius 3 is 2.64 bits per heavy atom. The van der Waals surface area contributed by atoms with Crippen molar-refractivity contribution in [2.45, 2.75) is 50.5 Å². The van der Waals surface area contributed by atoms with Crippen LogP contribution in [0.3, 0.4) is 0 Å². The molecule has 1 atom stereocenters. The third-order valence-corrected chi connectivity index (χ3v) is 8.61. The van der Waals surface area contributed by atoms with Crippen molar-refractivity contribution in [3.05, 3.63) is 81.3 Å². The fourth-order valence-electron chi connectivity index (χ4n) is 5.53. The maximum Gasteiger partial charge on any atom is 0.273 e. The van der Waals surface area contributed by atoms with Gasteiger partial charge in [-0.15, -0.1) is 11.3 Å². The summed E-state index contributed by atoms with van der Waals surface area (Å²) in [6, 6.07) is 16.2. The maximum absolute atomic E-state index is 13.3. The van der Waals surface area contributed by atoms with Crippen LogP contribution in [0.1, 0.15) is 69.8 Å². The molecule has 1 aromatic heterocycles. The van der Waals surface area contributed by atoms with E-state index < -0.39 is 0 Å². The minimum Gasteiger partial charge on any atom is -0.496 e. The van der Waals surface area contributed by atoms with Crippen LogP contribution >= 0.6 is 11.3 Å². The lowest BCUT2D eigenvalue weighted by molar-refractivity contribution is -0.131. The van der Waals surface area contributed by atoms with Crippen molar-refractivity contribution in [3.63, 3.8) is 0 Å². The second kappa shape index (κ2) is 10.8. The highest BCUT2D eigenvalue weighted by Crippen LogP contribution is 2.35. The quantitative estimate of drug-likeness (QED) is 0.461. The molecule has 2 aliphatic rings. The van der Waals surface area contributed by atoms with Gasteiger partial charge in [0, 0.05) is 37.0 Å². The number of aryl methyl sites for hydroxylation is 1. The standard InChI is InChI=1S/C29H33N3O3S/c1-31(25-12-7-10-20-8-3-5-11-23(20)25)29(34)24-19-36-28(30-24)21-14-16-32(17-15-21)27(33)18-22-9-4-6-13-26(22)35-2/h3-6,8-9,11,13,19,21,25H,7,10,12,14-18H2,1-2H3/t25-/m1/s1. The third-order valence-electron chi connectivity index (χ3n) is 7.60. The number of likely N-dealkylation sites (tertiary alicyclic amines) is 1. The van der Waals surface area contributed by atoms with Crippen LogP contribution in [-0.4, -0.2) is 53.8 Å². The Kier molecular flexibility index (Phi) is 7.37. The Morgan fingerprint density at radius 2 is 1.83 bits per heavy atom. The number of fused-ring (bicyclic) bond motifs is 1. The highest BCUT2D eigenvalue weighted by molar-refractivity contribution is 7.09. The summed E-state index contributed by atoms with van der Waals surface area (Å²) in [5, 5.41) is 2.91. The maximum atomic E-state index is 13.3. The molecule has 0 unspecified atom stereocenters. The van der Waals surface area contributed by atoms with E-state index in [4.69, 9.17) is 9.72 Å². The summed E-state index contributed by atoms with van der Waals surface area (Å²) in [4.78, 5) is 34.8. The zero-order chi connectivity index (χ0) is 25.1. The molecule has 0 saturated carbocycles. The SMILES string of the molecule is COc1ccccc1CC(=O)N1CCC(c2nc(C(=O)N(C)[C@@H]3CCCc4ccccc43)cs2)CC1. The molecule has 3 aromatic rings. The molecule has 1 fully saturated rings. The summed E-state index contributed by atoms with van der Waals surface area (Å²) in [6.07, 6.45) is 5.24. The van der Waals surface area contributed by atoms with Crippen LogP contribution in [0, 0.1) is 0 Å². The van der Waals surface area contributed by atoms with Crippen molar-refractivity contribution in [2.24, 2.45) is 0 Å². The molecule has 2 amide bonds. The van der Waals surface area contributed by atoms with E-state index in [2.05, 4.69) is 24.3 Å². The summed E-state index contributed by atoms with van der Waals surface area (Å²) < 4.78 is 5.39. The number of piperidine rings is 1. The van der Waals surface area contributed by atoms with Gasteiger partial charge in [-0.1, -0.05) is 42.5 Å². The molecule has 188 valence electrons. The number of rotatable bonds is 6. The van der Waals surface area contributed by atoms with Gasteiger partial charge in [-0.25, -0.2) is 4.98 Å². The van der Waals surface area contributed by atoms with Gasteiger partial charge in [0.1, 0.15) is 11.4 Å². The number of benzene rings is 2. The van der Waals surface area contributed by atoms with Crippen LogP contribution in [0.5, 0.6) is 5.75 Å². The first-order valence-corrected chi connectivity index (χ1v) is 13.6. The van der Waals surface area contributed by atoms with E-state index in [0.717, 1.165) is 48.4 Å². The molecule has 5 rings (SSSR count). The summed E-state index contributed by atoms with van der Waals surface area (Å²) in [6.45, 7) is 1.42. The summed E-state index contributed by atoms with van der Waals surface area (Å²) >= 11 is 1.57. The van der Waals surface area contributed by atoms with Crippen LogP contribution in [0.25, 0.3) is 0 Å². The highest BCUT2D eigenvalue weighted by atomic mass is 32.1. The smallest absolute Gasteiger partial charge is 0.273 e. The van der Waals surface area contributed by atoms with Crippen LogP contribution < -0.4 is 4.74 Å². The number of methoxy groups -OCH3 is 1. The first kappa shape index (κ1) is 24.5. The molecule has 0 radical (unpaired) electrons. The molecule has 7 heteroatoms. The molecule has 0 N–H and O–H groups in total. The normalized spacial score (nSPS) is 17.9. The Balaban J connectivity index is 1.19. The van der Waals surface area contributed by atoms with E-state index in [1.807, 2.05) is 46.5 Å². The van der Waals surface area contributed by atoms with E-state index in [-0.39, 0.29) is 23.8 Å². The number of aromatic nitrogens is 1. The Morgan fingerprint density at radius 1 is 1.08 bits per heavy atom. The monoisotopic (exact) mass is 503 g/mol. The van der Waals surface area contributed by atoms with Gasteiger partial charge >= 0.3 is 0 Å². The van der Waals surface area contributed by atoms with E-state index >= 15 is 0 Å². The predicted octanol–water partition coefficient (Wildman–Crippen LogP) is 5.25. The van der Waals surface area contributed by atoms with Crippen molar-refractivity contribution in [2.75, 3.05) is 27.2 Å². The van der Waals surface area contributed by atoms with Gasteiger partial charge in [0.25, 0.3) is 5.91 Å². The van der Waals surface area contributed by atoms with Crippen LogP contribution in [0.2, 0.25) is 0 Å². The third kappa shape index (κ3) is 5.03. The lowest BCUT2D eigenvalue weighted by Gasteiger charge is -2.33. The average Bonchev–Trinajstić information content (AvgIpc) is 3.43. The largest absolute Gasteiger partial charge is 0.496 e. The predicted molar refractivity (Wildman–Crippen MR) is 142 cm³/mol. The summed E-state index contributed by atoms with van der Waals surface area (Å²) in [5.74, 6) is 1.15. The van der Waals surface area contributed by atoms with Crippen LogP contribution in [0.4, 0.5) is 0 Å². The fourth-order valence-corrected chi connectivity index (χ4v) is 6.49. The minimum absolute atomic E-state index is 0.0105.